The zero-order valence-corrected chi connectivity index (χ0v) is 64.7. The molecule has 0 saturated heterocycles. The molecule has 0 N–H and O–H groups in total. The van der Waals surface area contributed by atoms with Crippen LogP contribution >= 0.6 is 0 Å². The van der Waals surface area contributed by atoms with E-state index in [1.165, 1.54) is 48.5 Å². The SMILES string of the molecule is CC(C)(C)C(C)(C)C(C)(C)C(F)(F)F.CC(C)(C)C(C)(C)C(F)(F)F.CC(C)C(C)(C)C(C)(C)C.CC(C)C(C)(C)C(C)C(F)(F)F.CC(C)[C@@H](C)C(C)(C)C.CC1CCC(C(F)(F)F)CC1.CC1CCCC(C(F)(F)F)C1.C[C@H](C(C)(C)C)C(C)(C)C(F)(F)F. The highest BCUT2D eigenvalue weighted by atomic mass is 19.4. The van der Waals surface area contributed by atoms with Crippen LogP contribution in [-0.4, -0.2) is 37.1 Å². The summed E-state index contributed by atoms with van der Waals surface area (Å²) in [4.78, 5) is 0. The smallest absolute Gasteiger partial charge is 0.171 e. The van der Waals surface area contributed by atoms with Gasteiger partial charge in [0.25, 0.3) is 0 Å². The first-order valence-corrected chi connectivity index (χ1v) is 33.2. The first-order valence-electron chi connectivity index (χ1n) is 33.2. The van der Waals surface area contributed by atoms with Gasteiger partial charge in [-0.15, -0.1) is 0 Å². The molecule has 558 valence electrons. The van der Waals surface area contributed by atoms with Gasteiger partial charge in [0.1, 0.15) is 0 Å². The second kappa shape index (κ2) is 35.5. The first kappa shape index (κ1) is 101. The maximum absolute atomic E-state index is 12.9. The summed E-state index contributed by atoms with van der Waals surface area (Å²) in [6.45, 7) is 70.6. The standard InChI is InChI=1S/C11H21F3.C10H19F3.C10H22.C9H17F3.C9H20.2C8H13F3.C8H15F3/c1-8(2,3)9(4,5)10(6,7)11(12,13)14;1-7(8(2,3)4)9(5,6)10(11,12)13;1-8(2)10(6,7)9(3,4)5;1-6(2)8(4,5)7(3)9(10,11)12;1-7(2)8(3)9(4,5)6;1-6-2-4-7(5-3-6)8(9,10)11;1-6-3-2-4-7(5-6)8(9,10)11;1-6(2,3)7(4,5)8(9,10)11/h1-7H3;7H,1-6H3;8H,1-7H3;6-7H,1-5H3;7-8H,1-6H3;2*6-7H,2-5H2,1H3;1-5H3/t;7-;;;8-;;;/m.1..1.../s1. The van der Waals surface area contributed by atoms with E-state index in [9.17, 15) is 79.0 Å². The molecule has 0 aliphatic heterocycles. The molecule has 3 unspecified atom stereocenters. The Morgan fingerprint density at radius 2 is 0.626 bits per heavy atom. The molecule has 2 rings (SSSR count). The van der Waals surface area contributed by atoms with Gasteiger partial charge in [-0.3, -0.25) is 0 Å². The van der Waals surface area contributed by atoms with Crippen LogP contribution in [0.3, 0.4) is 0 Å². The Labute approximate surface area is 547 Å². The molecule has 91 heavy (non-hydrogen) atoms. The van der Waals surface area contributed by atoms with E-state index in [0.717, 1.165) is 43.4 Å². The summed E-state index contributed by atoms with van der Waals surface area (Å²) >= 11 is 0. The zero-order chi connectivity index (χ0) is 75.9. The maximum atomic E-state index is 12.9. The quantitative estimate of drug-likeness (QED) is 0.233. The third-order valence-electron chi connectivity index (χ3n) is 23.6. The monoisotopic (exact) mass is 1360 g/mol. The number of hydrogen-bond donors (Lipinski definition) is 0. The molecular formula is C73H140F18. The van der Waals surface area contributed by atoms with Crippen LogP contribution in [0.15, 0.2) is 0 Å². The Kier molecular flexibility index (Phi) is 39.3. The van der Waals surface area contributed by atoms with Crippen molar-refractivity contribution in [3.8, 4) is 0 Å². The fourth-order valence-electron chi connectivity index (χ4n) is 9.15. The molecule has 0 nitrogen and oxygen atoms in total. The average molecular weight is 1360 g/mol. The fraction of sp³-hybridized carbons (Fsp3) is 1.00. The van der Waals surface area contributed by atoms with Crippen molar-refractivity contribution in [3.63, 3.8) is 0 Å². The average Bonchev–Trinajstić information content (AvgIpc) is 0.809. The molecule has 0 spiro atoms. The van der Waals surface area contributed by atoms with E-state index in [1.807, 2.05) is 69.2 Å². The van der Waals surface area contributed by atoms with Gasteiger partial charge in [0, 0.05) is 0 Å². The minimum Gasteiger partial charge on any atom is -0.171 e. The normalized spacial score (nSPS) is 20.3. The second-order valence-corrected chi connectivity index (χ2v) is 36.5. The Balaban J connectivity index is -0.000000228. The summed E-state index contributed by atoms with van der Waals surface area (Å²) in [5, 5.41) is 0. The van der Waals surface area contributed by atoms with E-state index in [2.05, 4.69) is 90.0 Å². The van der Waals surface area contributed by atoms with Crippen molar-refractivity contribution in [2.45, 2.75) is 352 Å². The summed E-state index contributed by atoms with van der Waals surface area (Å²) in [5.41, 5.74) is -6.53. The largest absolute Gasteiger partial charge is 0.394 e. The van der Waals surface area contributed by atoms with Gasteiger partial charge >= 0.3 is 37.1 Å². The molecular weight excluding hydrogens is 1220 g/mol. The Bertz CT molecular complexity index is 1880. The Morgan fingerprint density at radius 3 is 0.747 bits per heavy atom. The molecule has 2 aliphatic carbocycles. The first-order chi connectivity index (χ1) is 38.8. The predicted molar refractivity (Wildman–Crippen MR) is 351 cm³/mol. The lowest BCUT2D eigenvalue weighted by atomic mass is 9.55. The Morgan fingerprint density at radius 1 is 0.297 bits per heavy atom. The highest BCUT2D eigenvalue weighted by Gasteiger charge is 2.60. The molecule has 0 heterocycles. The van der Waals surface area contributed by atoms with Crippen LogP contribution < -0.4 is 0 Å². The Hall–Kier alpha value is -1.26. The topological polar surface area (TPSA) is 0 Å². The highest BCUT2D eigenvalue weighted by molar-refractivity contribution is 4.98. The number of rotatable bonds is 6. The summed E-state index contributed by atoms with van der Waals surface area (Å²) in [6, 6.07) is 0. The van der Waals surface area contributed by atoms with Gasteiger partial charge in [-0.2, -0.15) is 79.0 Å². The van der Waals surface area contributed by atoms with Gasteiger partial charge in [-0.1, -0.05) is 289 Å². The lowest BCUT2D eigenvalue weighted by Gasteiger charge is -2.51. The van der Waals surface area contributed by atoms with Crippen LogP contribution in [0.25, 0.3) is 0 Å². The molecule has 0 aromatic carbocycles. The van der Waals surface area contributed by atoms with Crippen molar-refractivity contribution in [3.05, 3.63) is 0 Å². The molecule has 0 radical (unpaired) electrons. The molecule has 0 aromatic rings. The van der Waals surface area contributed by atoms with E-state index < -0.39 is 93.2 Å². The van der Waals surface area contributed by atoms with Crippen molar-refractivity contribution < 1.29 is 79.0 Å². The van der Waals surface area contributed by atoms with Crippen LogP contribution in [0.4, 0.5) is 79.0 Å². The summed E-state index contributed by atoms with van der Waals surface area (Å²) < 4.78 is 223. The van der Waals surface area contributed by atoms with Crippen molar-refractivity contribution in [1.82, 2.24) is 0 Å². The summed E-state index contributed by atoms with van der Waals surface area (Å²) in [6.07, 6.45) is -19.8. The fourth-order valence-corrected chi connectivity index (χ4v) is 9.15. The van der Waals surface area contributed by atoms with Gasteiger partial charge in [-0.25, -0.2) is 0 Å². The molecule has 0 aromatic heterocycles. The minimum atomic E-state index is -4.16. The van der Waals surface area contributed by atoms with Crippen LogP contribution in [0.1, 0.15) is 314 Å². The van der Waals surface area contributed by atoms with Crippen LogP contribution in [0, 0.1) is 119 Å². The lowest BCUT2D eigenvalue weighted by Crippen LogP contribution is -2.51. The third kappa shape index (κ3) is 34.2. The van der Waals surface area contributed by atoms with Gasteiger partial charge < -0.3 is 0 Å². The minimum absolute atomic E-state index is 0.0362. The van der Waals surface area contributed by atoms with Crippen LogP contribution in [-0.2, 0) is 0 Å². The number of halogens is 18. The summed E-state index contributed by atoms with van der Waals surface area (Å²) in [5.74, 6) is -0.511. The molecule has 5 atom stereocenters. The number of hydrogen-bond acceptors (Lipinski definition) is 0. The maximum Gasteiger partial charge on any atom is 0.394 e. The van der Waals surface area contributed by atoms with E-state index in [4.69, 9.17) is 0 Å². The third-order valence-corrected chi connectivity index (χ3v) is 23.6. The van der Waals surface area contributed by atoms with E-state index in [0.29, 0.717) is 47.8 Å². The number of alkyl halides is 18. The van der Waals surface area contributed by atoms with Gasteiger partial charge in [0.05, 0.1) is 34.0 Å². The van der Waals surface area contributed by atoms with E-state index in [1.54, 1.807) is 55.4 Å². The predicted octanol–water partition coefficient (Wildman–Crippen LogP) is 30.2. The molecule has 0 amide bonds. The van der Waals surface area contributed by atoms with Gasteiger partial charge in [0.2, 0.25) is 0 Å². The molecule has 2 aliphatic rings. The van der Waals surface area contributed by atoms with Crippen molar-refractivity contribution >= 4 is 0 Å². The highest BCUT2D eigenvalue weighted by Crippen LogP contribution is 2.58. The molecule has 2 saturated carbocycles. The van der Waals surface area contributed by atoms with Crippen LogP contribution in [0.2, 0.25) is 0 Å². The molecule has 18 heteroatoms. The van der Waals surface area contributed by atoms with Crippen molar-refractivity contribution in [2.75, 3.05) is 0 Å². The lowest BCUT2D eigenvalue weighted by molar-refractivity contribution is -0.263. The van der Waals surface area contributed by atoms with Crippen molar-refractivity contribution in [2.24, 2.45) is 119 Å². The molecule has 2 fully saturated rings. The van der Waals surface area contributed by atoms with Crippen LogP contribution in [0.5, 0.6) is 0 Å². The van der Waals surface area contributed by atoms with Gasteiger partial charge in [0.15, 0.2) is 0 Å². The van der Waals surface area contributed by atoms with E-state index >= 15 is 0 Å². The molecule has 0 bridgehead atoms. The van der Waals surface area contributed by atoms with E-state index in [-0.39, 0.29) is 22.7 Å². The zero-order valence-electron chi connectivity index (χ0n) is 64.7. The second-order valence-electron chi connectivity index (χ2n) is 36.5. The van der Waals surface area contributed by atoms with Gasteiger partial charge in [-0.05, 0) is 110 Å². The van der Waals surface area contributed by atoms with Crippen molar-refractivity contribution in [1.29, 1.82) is 0 Å². The summed E-state index contributed by atoms with van der Waals surface area (Å²) in [7, 11) is 0.